The number of carbonyl (C=O) groups excluding carboxylic acids is 1. The van der Waals surface area contributed by atoms with Gasteiger partial charge in [-0.2, -0.15) is 0 Å². The summed E-state index contributed by atoms with van der Waals surface area (Å²) >= 11 is 0. The van der Waals surface area contributed by atoms with Crippen LogP contribution in [0, 0.1) is 28.6 Å². The number of carbonyl (C=O) groups is 1. The lowest BCUT2D eigenvalue weighted by molar-refractivity contribution is -0.132. The highest BCUT2D eigenvalue weighted by Gasteiger charge is 2.81. The van der Waals surface area contributed by atoms with Crippen molar-refractivity contribution in [1.82, 2.24) is 0 Å². The second-order valence-electron chi connectivity index (χ2n) is 7.48. The van der Waals surface area contributed by atoms with E-state index in [0.717, 1.165) is 25.0 Å². The molecule has 5 rings (SSSR count). The van der Waals surface area contributed by atoms with E-state index in [1.54, 1.807) is 6.08 Å². The molecule has 96 valence electrons. The van der Waals surface area contributed by atoms with Crippen LogP contribution in [0.25, 0.3) is 0 Å². The fourth-order valence-electron chi connectivity index (χ4n) is 6.21. The zero-order valence-corrected chi connectivity index (χ0v) is 10.9. The summed E-state index contributed by atoms with van der Waals surface area (Å²) in [7, 11) is 0. The molecule has 0 N–H and O–H groups in total. The molecule has 0 unspecified atom stereocenters. The van der Waals surface area contributed by atoms with Crippen LogP contribution < -0.4 is 0 Å². The van der Waals surface area contributed by atoms with Gasteiger partial charge in [-0.15, -0.1) is 0 Å². The molecule has 5 aliphatic rings. The van der Waals surface area contributed by atoms with Gasteiger partial charge in [-0.05, 0) is 36.5 Å². The monoisotopic (exact) mass is 246 g/mol. The molecule has 3 nitrogen and oxygen atoms in total. The quantitative estimate of drug-likeness (QED) is 0.657. The van der Waals surface area contributed by atoms with Crippen molar-refractivity contribution in [2.45, 2.75) is 38.7 Å². The lowest BCUT2D eigenvalue weighted by Crippen LogP contribution is -2.47. The van der Waals surface area contributed by atoms with Gasteiger partial charge in [0.1, 0.15) is 11.4 Å². The zero-order chi connectivity index (χ0) is 12.3. The molecule has 2 spiro atoms. The zero-order valence-electron chi connectivity index (χ0n) is 10.9. The Kier molecular flexibility index (Phi) is 1.35. The number of ether oxygens (including phenoxy) is 2. The maximum absolute atomic E-state index is 12.7. The van der Waals surface area contributed by atoms with E-state index in [1.807, 2.05) is 0 Å². The van der Waals surface area contributed by atoms with Gasteiger partial charge < -0.3 is 9.47 Å². The minimum atomic E-state index is -0.235. The third kappa shape index (κ3) is 0.696. The molecule has 3 heteroatoms. The van der Waals surface area contributed by atoms with Crippen molar-refractivity contribution in [2.24, 2.45) is 28.6 Å². The molecule has 0 aromatic heterocycles. The summed E-state index contributed by atoms with van der Waals surface area (Å²) in [5.41, 5.74) is -0.0582. The number of fused-ring (bicyclic) bond motifs is 1. The first kappa shape index (κ1) is 10.0. The fourth-order valence-corrected chi connectivity index (χ4v) is 6.21. The van der Waals surface area contributed by atoms with E-state index < -0.39 is 0 Å². The van der Waals surface area contributed by atoms with Gasteiger partial charge in [0.05, 0.1) is 0 Å². The second-order valence-corrected chi connectivity index (χ2v) is 7.48. The molecule has 0 radical (unpaired) electrons. The maximum Gasteiger partial charge on any atom is 0.189 e. The molecule has 1 heterocycles. The Balaban J connectivity index is 1.82. The van der Waals surface area contributed by atoms with Gasteiger partial charge in [0.25, 0.3) is 0 Å². The van der Waals surface area contributed by atoms with Gasteiger partial charge in [0, 0.05) is 17.4 Å². The normalized spacial score (nSPS) is 57.6. The molecule has 0 aromatic carbocycles. The minimum absolute atomic E-state index is 0.106. The Morgan fingerprint density at radius 3 is 2.94 bits per heavy atom. The van der Waals surface area contributed by atoms with Crippen molar-refractivity contribution in [2.75, 3.05) is 6.79 Å². The van der Waals surface area contributed by atoms with Crippen LogP contribution in [0.1, 0.15) is 33.1 Å². The van der Waals surface area contributed by atoms with Gasteiger partial charge in [-0.25, -0.2) is 0 Å². The molecular formula is C15H18O3. The van der Waals surface area contributed by atoms with Gasteiger partial charge in [-0.1, -0.05) is 13.8 Å². The molecule has 0 aromatic rings. The van der Waals surface area contributed by atoms with Gasteiger partial charge in [0.2, 0.25) is 0 Å². The average molecular weight is 246 g/mol. The van der Waals surface area contributed by atoms with E-state index in [0.29, 0.717) is 30.3 Å². The van der Waals surface area contributed by atoms with E-state index >= 15 is 0 Å². The van der Waals surface area contributed by atoms with Crippen LogP contribution >= 0.6 is 0 Å². The van der Waals surface area contributed by atoms with Crippen LogP contribution in [0.3, 0.4) is 0 Å². The van der Waals surface area contributed by atoms with Crippen LogP contribution in [-0.2, 0) is 14.3 Å². The van der Waals surface area contributed by atoms with Crippen molar-refractivity contribution in [1.29, 1.82) is 0 Å². The number of ketones is 1. The standard InChI is InChI=1S/C15H18O3/c1-13(2)8-3-9-14(5-8)10(13)6-15(9)12(4-11(14)16)17-7-18-15/h4,8-10H,3,5-7H2,1-2H3/t8-,9-,10-,14+,15-/m0/s1. The summed E-state index contributed by atoms with van der Waals surface area (Å²) in [6.45, 7) is 5.05. The van der Waals surface area contributed by atoms with Crippen LogP contribution in [-0.4, -0.2) is 18.2 Å². The summed E-state index contributed by atoms with van der Waals surface area (Å²) in [4.78, 5) is 12.7. The van der Waals surface area contributed by atoms with Crippen LogP contribution in [0.2, 0.25) is 0 Å². The molecular weight excluding hydrogens is 228 g/mol. The Morgan fingerprint density at radius 2 is 2.11 bits per heavy atom. The highest BCUT2D eigenvalue weighted by atomic mass is 16.7. The van der Waals surface area contributed by atoms with E-state index in [4.69, 9.17) is 9.47 Å². The SMILES string of the molecule is CC1(C)[C@H]2C[C@H]3[C@@]4(C2)C(=O)C=C2OCO[C@]23C[C@@H]14. The molecule has 4 fully saturated rings. The Hall–Kier alpha value is -0.830. The minimum Gasteiger partial charge on any atom is -0.469 e. The van der Waals surface area contributed by atoms with E-state index in [1.165, 1.54) is 0 Å². The number of hydrogen-bond acceptors (Lipinski definition) is 3. The number of rotatable bonds is 0. The first-order valence-corrected chi connectivity index (χ1v) is 7.05. The van der Waals surface area contributed by atoms with Crippen molar-refractivity contribution < 1.29 is 14.3 Å². The van der Waals surface area contributed by atoms with E-state index in [-0.39, 0.29) is 16.4 Å². The first-order chi connectivity index (χ1) is 8.52. The molecule has 3 bridgehead atoms. The molecule has 1 aliphatic heterocycles. The van der Waals surface area contributed by atoms with E-state index in [2.05, 4.69) is 13.8 Å². The summed E-state index contributed by atoms with van der Waals surface area (Å²) in [5.74, 6) is 2.74. The predicted octanol–water partition coefficient (Wildman–Crippen LogP) is 2.27. The largest absolute Gasteiger partial charge is 0.469 e. The third-order valence-electron chi connectivity index (χ3n) is 7.04. The van der Waals surface area contributed by atoms with E-state index in [9.17, 15) is 4.79 Å². The highest BCUT2D eigenvalue weighted by molar-refractivity contribution is 5.99. The predicted molar refractivity (Wildman–Crippen MR) is 63.4 cm³/mol. The second kappa shape index (κ2) is 2.43. The molecule has 0 amide bonds. The molecule has 3 saturated carbocycles. The van der Waals surface area contributed by atoms with Crippen LogP contribution in [0.4, 0.5) is 0 Å². The third-order valence-corrected chi connectivity index (χ3v) is 7.04. The summed E-state index contributed by atoms with van der Waals surface area (Å²) in [6.07, 6.45) is 5.00. The average Bonchev–Trinajstić information content (AvgIpc) is 2.94. The van der Waals surface area contributed by atoms with Crippen LogP contribution in [0.15, 0.2) is 11.8 Å². The number of hydrogen-bond donors (Lipinski definition) is 0. The Bertz CT molecular complexity index is 520. The van der Waals surface area contributed by atoms with Crippen molar-refractivity contribution in [3.05, 3.63) is 11.8 Å². The topological polar surface area (TPSA) is 35.5 Å². The van der Waals surface area contributed by atoms with Gasteiger partial charge in [0.15, 0.2) is 12.6 Å². The lowest BCUT2D eigenvalue weighted by atomic mass is 9.60. The molecule has 18 heavy (non-hydrogen) atoms. The highest BCUT2D eigenvalue weighted by Crippen LogP contribution is 2.80. The smallest absolute Gasteiger partial charge is 0.189 e. The van der Waals surface area contributed by atoms with Gasteiger partial charge >= 0.3 is 0 Å². The Labute approximate surface area is 107 Å². The van der Waals surface area contributed by atoms with Crippen LogP contribution in [0.5, 0.6) is 0 Å². The van der Waals surface area contributed by atoms with Gasteiger partial charge in [-0.3, -0.25) is 4.79 Å². The molecule has 5 atom stereocenters. The first-order valence-electron chi connectivity index (χ1n) is 7.05. The summed E-state index contributed by atoms with van der Waals surface area (Å²) in [5, 5.41) is 0. The van der Waals surface area contributed by atoms with Crippen molar-refractivity contribution >= 4 is 5.78 Å². The van der Waals surface area contributed by atoms with Crippen molar-refractivity contribution in [3.63, 3.8) is 0 Å². The molecule has 1 saturated heterocycles. The number of allylic oxidation sites excluding steroid dienone is 1. The maximum atomic E-state index is 12.7. The summed E-state index contributed by atoms with van der Waals surface area (Å²) in [6, 6.07) is 0. The summed E-state index contributed by atoms with van der Waals surface area (Å²) < 4.78 is 11.6. The molecule has 4 aliphatic carbocycles. The Morgan fingerprint density at radius 1 is 1.28 bits per heavy atom. The van der Waals surface area contributed by atoms with Crippen molar-refractivity contribution in [3.8, 4) is 0 Å². The lowest BCUT2D eigenvalue weighted by Gasteiger charge is -2.43. The fraction of sp³-hybridized carbons (Fsp3) is 0.800.